The Labute approximate surface area is 252 Å². The van der Waals surface area contributed by atoms with Crippen molar-refractivity contribution in [3.8, 4) is 5.75 Å². The molecule has 0 amide bonds. The van der Waals surface area contributed by atoms with Crippen LogP contribution in [-0.2, 0) is 33.8 Å². The van der Waals surface area contributed by atoms with Gasteiger partial charge in [0.15, 0.2) is 0 Å². The first-order chi connectivity index (χ1) is 20.9. The van der Waals surface area contributed by atoms with E-state index in [4.69, 9.17) is 9.47 Å². The van der Waals surface area contributed by atoms with Gasteiger partial charge in [-0.05, 0) is 54.5 Å². The van der Waals surface area contributed by atoms with Crippen LogP contribution in [0.3, 0.4) is 0 Å². The van der Waals surface area contributed by atoms with E-state index in [9.17, 15) is 43.4 Å². The number of hydrogen-bond donors (Lipinski definition) is 3. The van der Waals surface area contributed by atoms with Gasteiger partial charge in [-0.1, -0.05) is 54.6 Å². The van der Waals surface area contributed by atoms with Crippen LogP contribution in [0.1, 0.15) is 48.8 Å². The minimum atomic E-state index is -4.51. The van der Waals surface area contributed by atoms with E-state index >= 15 is 0 Å². The SMILES string of the molecule is O=C(CCC/C=C\C[C@@H]1[C@@H](/C=C/[C@@H](O)COc2cccc(C(F)(F)F)c2)[C@H](O)C[C@@H]1O)OCc1cccc(CO[N+](=O)[O-])c1. The summed E-state index contributed by atoms with van der Waals surface area (Å²) in [7, 11) is 0. The first-order valence-electron chi connectivity index (χ1n) is 14.1. The van der Waals surface area contributed by atoms with Crippen molar-refractivity contribution in [2.45, 2.75) is 69.8 Å². The number of esters is 1. The number of carbonyl (C=O) groups is 1. The second-order valence-electron chi connectivity index (χ2n) is 10.5. The summed E-state index contributed by atoms with van der Waals surface area (Å²) in [5, 5.41) is 40.6. The summed E-state index contributed by atoms with van der Waals surface area (Å²) >= 11 is 0. The van der Waals surface area contributed by atoms with Gasteiger partial charge in [0.1, 0.15) is 31.7 Å². The first-order valence-corrected chi connectivity index (χ1v) is 14.1. The molecular formula is C31H36F3NO9. The molecule has 0 spiro atoms. The molecule has 5 atom stereocenters. The molecule has 13 heteroatoms. The molecule has 1 aliphatic carbocycles. The fourth-order valence-electron chi connectivity index (χ4n) is 4.87. The number of hydrogen-bond acceptors (Lipinski definition) is 9. The van der Waals surface area contributed by atoms with Crippen molar-refractivity contribution >= 4 is 5.97 Å². The van der Waals surface area contributed by atoms with Crippen molar-refractivity contribution in [2.24, 2.45) is 11.8 Å². The number of aliphatic hydroxyl groups is 3. The van der Waals surface area contributed by atoms with Gasteiger partial charge in [-0.15, -0.1) is 10.1 Å². The lowest BCUT2D eigenvalue weighted by Crippen LogP contribution is -2.21. The molecule has 0 aromatic heterocycles. The molecule has 3 rings (SSSR count). The number of allylic oxidation sites excluding steroid dienone is 2. The van der Waals surface area contributed by atoms with Crippen LogP contribution in [0.2, 0.25) is 0 Å². The van der Waals surface area contributed by atoms with Gasteiger partial charge < -0.3 is 29.6 Å². The number of nitrogens with zero attached hydrogens (tertiary/aromatic N) is 1. The Hall–Kier alpha value is -3.94. The van der Waals surface area contributed by atoms with Crippen molar-refractivity contribution in [3.63, 3.8) is 0 Å². The molecule has 1 fully saturated rings. The van der Waals surface area contributed by atoms with Crippen molar-refractivity contribution in [1.82, 2.24) is 0 Å². The highest BCUT2D eigenvalue weighted by atomic mass is 19.4. The number of benzene rings is 2. The van der Waals surface area contributed by atoms with Crippen molar-refractivity contribution in [3.05, 3.63) is 99.6 Å². The van der Waals surface area contributed by atoms with Gasteiger partial charge in [0, 0.05) is 18.8 Å². The zero-order chi connectivity index (χ0) is 32.1. The van der Waals surface area contributed by atoms with E-state index in [1.165, 1.54) is 18.2 Å². The highest BCUT2D eigenvalue weighted by molar-refractivity contribution is 5.69. The molecule has 2 aromatic carbocycles. The molecular weight excluding hydrogens is 587 g/mol. The fraction of sp³-hybridized carbons (Fsp3) is 0.452. The third kappa shape index (κ3) is 11.6. The maximum Gasteiger partial charge on any atom is 0.416 e. The second-order valence-corrected chi connectivity index (χ2v) is 10.5. The predicted octanol–water partition coefficient (Wildman–Crippen LogP) is 4.93. The Morgan fingerprint density at radius 2 is 1.80 bits per heavy atom. The Kier molecular flexibility index (Phi) is 13.2. The van der Waals surface area contributed by atoms with Crippen molar-refractivity contribution in [2.75, 3.05) is 6.61 Å². The molecule has 2 aromatic rings. The zero-order valence-electron chi connectivity index (χ0n) is 23.8. The molecule has 0 radical (unpaired) electrons. The van der Waals surface area contributed by atoms with Crippen LogP contribution >= 0.6 is 0 Å². The second kappa shape index (κ2) is 16.8. The summed E-state index contributed by atoms with van der Waals surface area (Å²) in [5.74, 6) is -1.18. The van der Waals surface area contributed by atoms with Crippen LogP contribution < -0.4 is 4.74 Å². The van der Waals surface area contributed by atoms with Gasteiger partial charge in [0.2, 0.25) is 0 Å². The number of unbranched alkanes of at least 4 members (excludes halogenated alkanes) is 1. The largest absolute Gasteiger partial charge is 0.491 e. The monoisotopic (exact) mass is 623 g/mol. The summed E-state index contributed by atoms with van der Waals surface area (Å²) < 4.78 is 49.2. The average Bonchev–Trinajstić information content (AvgIpc) is 3.25. The zero-order valence-corrected chi connectivity index (χ0v) is 23.8. The number of carbonyl (C=O) groups excluding carboxylic acids is 1. The smallest absolute Gasteiger partial charge is 0.416 e. The predicted molar refractivity (Wildman–Crippen MR) is 151 cm³/mol. The summed E-state index contributed by atoms with van der Waals surface area (Å²) in [6.45, 7) is -0.455. The normalized spacial score (nSPS) is 21.0. The molecule has 44 heavy (non-hydrogen) atoms. The fourth-order valence-corrected chi connectivity index (χ4v) is 4.87. The van der Waals surface area contributed by atoms with Crippen LogP contribution in [0, 0.1) is 22.0 Å². The van der Waals surface area contributed by atoms with Crippen molar-refractivity contribution < 1.29 is 52.7 Å². The van der Waals surface area contributed by atoms with E-state index in [1.807, 2.05) is 12.2 Å². The summed E-state index contributed by atoms with van der Waals surface area (Å²) in [5.41, 5.74) is 0.402. The van der Waals surface area contributed by atoms with Crippen LogP contribution in [-0.4, -0.2) is 51.3 Å². The van der Waals surface area contributed by atoms with Gasteiger partial charge >= 0.3 is 12.1 Å². The number of alkyl halides is 3. The van der Waals surface area contributed by atoms with Crippen LogP contribution in [0.25, 0.3) is 0 Å². The third-order valence-electron chi connectivity index (χ3n) is 7.11. The Balaban J connectivity index is 1.38. The number of halogens is 3. The van der Waals surface area contributed by atoms with Crippen molar-refractivity contribution in [1.29, 1.82) is 0 Å². The molecule has 1 saturated carbocycles. The van der Waals surface area contributed by atoms with Gasteiger partial charge in [-0.2, -0.15) is 13.2 Å². The molecule has 0 heterocycles. The van der Waals surface area contributed by atoms with E-state index in [1.54, 1.807) is 30.3 Å². The van der Waals surface area contributed by atoms with Crippen LogP contribution in [0.4, 0.5) is 13.2 Å². The standard InChI is InChI=1S/C31H36F3NO9/c32-31(33,34)23-9-6-10-25(16-23)42-20-24(36)13-14-27-26(28(37)17-29(27)38)11-3-1-2-4-12-30(39)43-18-21-7-5-8-22(15-21)19-44-35(40)41/h1,3,5-10,13-16,24,26-29,36-38H,2,4,11-12,17-20H2/b3-1-,14-13+/t24-,26-,27-,28+,29-/m1/s1. The number of ether oxygens (including phenoxy) is 2. The highest BCUT2D eigenvalue weighted by Crippen LogP contribution is 2.36. The Morgan fingerprint density at radius 1 is 1.07 bits per heavy atom. The third-order valence-corrected chi connectivity index (χ3v) is 7.11. The first kappa shape index (κ1) is 34.5. The lowest BCUT2D eigenvalue weighted by Gasteiger charge is -2.19. The topological polar surface area (TPSA) is 149 Å². The van der Waals surface area contributed by atoms with Gasteiger partial charge in [0.05, 0.1) is 17.8 Å². The molecule has 3 N–H and O–H groups in total. The number of aliphatic hydroxyl groups excluding tert-OH is 3. The Bertz CT molecular complexity index is 1280. The minimum Gasteiger partial charge on any atom is -0.491 e. The average molecular weight is 624 g/mol. The molecule has 1 aliphatic rings. The van der Waals surface area contributed by atoms with E-state index in [2.05, 4.69) is 4.84 Å². The van der Waals surface area contributed by atoms with E-state index in [0.29, 0.717) is 30.4 Å². The van der Waals surface area contributed by atoms with Gasteiger partial charge in [0.25, 0.3) is 5.09 Å². The molecule has 10 nitrogen and oxygen atoms in total. The quantitative estimate of drug-likeness (QED) is 0.0778. The Morgan fingerprint density at radius 3 is 2.52 bits per heavy atom. The minimum absolute atomic E-state index is 0.0316. The lowest BCUT2D eigenvalue weighted by atomic mass is 9.89. The van der Waals surface area contributed by atoms with E-state index < -0.39 is 41.1 Å². The summed E-state index contributed by atoms with van der Waals surface area (Å²) in [6.07, 6.45) is 1.42. The molecule has 0 bridgehead atoms. The molecule has 0 aliphatic heterocycles. The maximum absolute atomic E-state index is 12.9. The highest BCUT2D eigenvalue weighted by Gasteiger charge is 2.39. The van der Waals surface area contributed by atoms with E-state index in [0.717, 1.165) is 12.1 Å². The summed E-state index contributed by atoms with van der Waals surface area (Å²) in [4.78, 5) is 26.8. The molecule has 0 saturated heterocycles. The molecule has 0 unspecified atom stereocenters. The lowest BCUT2D eigenvalue weighted by molar-refractivity contribution is -0.763. The van der Waals surface area contributed by atoms with Gasteiger partial charge in [-0.3, -0.25) is 4.79 Å². The summed E-state index contributed by atoms with van der Waals surface area (Å²) in [6, 6.07) is 11.1. The number of rotatable bonds is 16. The molecule has 240 valence electrons. The maximum atomic E-state index is 12.9. The van der Waals surface area contributed by atoms with Gasteiger partial charge in [-0.25, -0.2) is 0 Å². The van der Waals surface area contributed by atoms with Crippen LogP contribution in [0.5, 0.6) is 5.75 Å². The van der Waals surface area contributed by atoms with Crippen LogP contribution in [0.15, 0.2) is 72.8 Å². The van der Waals surface area contributed by atoms with E-state index in [-0.39, 0.29) is 50.3 Å².